The van der Waals surface area contributed by atoms with Crippen LogP contribution in [0, 0.1) is 11.7 Å². The van der Waals surface area contributed by atoms with Crippen LogP contribution in [0.3, 0.4) is 0 Å². The highest BCUT2D eigenvalue weighted by atomic mass is 35.5. The molecule has 0 atom stereocenters. The molecule has 0 aliphatic carbocycles. The lowest BCUT2D eigenvalue weighted by Crippen LogP contribution is -2.44. The van der Waals surface area contributed by atoms with Crippen LogP contribution in [0.5, 0.6) is 0 Å². The molecule has 34 heavy (non-hydrogen) atoms. The molecule has 7 nitrogen and oxygen atoms in total. The maximum absolute atomic E-state index is 13.3. The molecular formula is C25H26ClFN4O3. The number of piperidine rings is 1. The standard InChI is InChI=1S/C25H26ClFN4O3/c1-2-11-31(15-22-28-21-14-18(26)5-8-20(21)23(32)29-22)25(34)17-9-12-30(13-10-17)24(33)16-3-6-19(27)7-4-16/h3-8,14,17H,2,9-13,15H2,1H3,(H,28,29,32). The number of hydrogen-bond donors (Lipinski definition) is 1. The van der Waals surface area contributed by atoms with E-state index in [4.69, 9.17) is 11.6 Å². The number of carbonyl (C=O) groups excluding carboxylic acids is 2. The first kappa shape index (κ1) is 23.9. The SMILES string of the molecule is CCCN(Cc1nc2cc(Cl)ccc2c(=O)[nH]1)C(=O)C1CCN(C(=O)c2ccc(F)cc2)CC1. The van der Waals surface area contributed by atoms with Crippen molar-refractivity contribution >= 4 is 34.3 Å². The Kier molecular flexibility index (Phi) is 7.26. The minimum Gasteiger partial charge on any atom is -0.339 e. The molecule has 9 heteroatoms. The van der Waals surface area contributed by atoms with E-state index in [9.17, 15) is 18.8 Å². The maximum Gasteiger partial charge on any atom is 0.258 e. The molecule has 1 N–H and O–H groups in total. The van der Waals surface area contributed by atoms with Crippen molar-refractivity contribution in [2.24, 2.45) is 5.92 Å². The van der Waals surface area contributed by atoms with Gasteiger partial charge in [0.25, 0.3) is 11.5 Å². The van der Waals surface area contributed by atoms with Crippen LogP contribution in [0.1, 0.15) is 42.4 Å². The second-order valence-electron chi connectivity index (χ2n) is 8.51. The fourth-order valence-corrected chi connectivity index (χ4v) is 4.48. The molecular weight excluding hydrogens is 459 g/mol. The first-order valence-electron chi connectivity index (χ1n) is 11.4. The highest BCUT2D eigenvalue weighted by Gasteiger charge is 2.30. The molecule has 1 aliphatic rings. The number of amides is 2. The Morgan fingerprint density at radius 1 is 1.18 bits per heavy atom. The first-order chi connectivity index (χ1) is 16.4. The van der Waals surface area contributed by atoms with Crippen LogP contribution in [-0.2, 0) is 11.3 Å². The molecule has 0 radical (unpaired) electrons. The minimum atomic E-state index is -0.387. The summed E-state index contributed by atoms with van der Waals surface area (Å²) in [5.41, 5.74) is 0.654. The van der Waals surface area contributed by atoms with E-state index in [2.05, 4.69) is 9.97 Å². The maximum atomic E-state index is 13.3. The molecule has 0 unspecified atom stereocenters. The number of likely N-dealkylation sites (tertiary alicyclic amines) is 1. The Balaban J connectivity index is 1.43. The fraction of sp³-hybridized carbons (Fsp3) is 0.360. The summed E-state index contributed by atoms with van der Waals surface area (Å²) in [7, 11) is 0. The smallest absolute Gasteiger partial charge is 0.258 e. The van der Waals surface area contributed by atoms with Crippen LogP contribution in [0.25, 0.3) is 10.9 Å². The van der Waals surface area contributed by atoms with Crippen LogP contribution in [0.15, 0.2) is 47.3 Å². The van der Waals surface area contributed by atoms with E-state index in [1.54, 1.807) is 28.0 Å². The van der Waals surface area contributed by atoms with Gasteiger partial charge in [0, 0.05) is 36.1 Å². The van der Waals surface area contributed by atoms with Gasteiger partial charge in [-0.3, -0.25) is 14.4 Å². The number of rotatable bonds is 6. The van der Waals surface area contributed by atoms with E-state index in [0.29, 0.717) is 59.8 Å². The van der Waals surface area contributed by atoms with Crippen LogP contribution in [0.2, 0.25) is 5.02 Å². The van der Waals surface area contributed by atoms with Gasteiger partial charge in [0.05, 0.1) is 17.4 Å². The van der Waals surface area contributed by atoms with E-state index in [1.807, 2.05) is 6.92 Å². The lowest BCUT2D eigenvalue weighted by molar-refractivity contribution is -0.137. The summed E-state index contributed by atoms with van der Waals surface area (Å²) < 4.78 is 13.1. The number of halogens is 2. The number of nitrogens with zero attached hydrogens (tertiary/aromatic N) is 3. The molecule has 1 saturated heterocycles. The lowest BCUT2D eigenvalue weighted by atomic mass is 9.94. The largest absolute Gasteiger partial charge is 0.339 e. The third-order valence-corrected chi connectivity index (χ3v) is 6.32. The zero-order valence-corrected chi connectivity index (χ0v) is 19.6. The number of fused-ring (bicyclic) bond motifs is 1. The minimum absolute atomic E-state index is 0.00966. The predicted octanol–water partition coefficient (Wildman–Crippen LogP) is 4.01. The lowest BCUT2D eigenvalue weighted by Gasteiger charge is -2.34. The average Bonchev–Trinajstić information content (AvgIpc) is 2.83. The van der Waals surface area contributed by atoms with Gasteiger partial charge in [0.15, 0.2) is 0 Å². The number of aromatic nitrogens is 2. The Morgan fingerprint density at radius 3 is 2.56 bits per heavy atom. The number of benzene rings is 2. The van der Waals surface area contributed by atoms with Crippen LogP contribution in [0.4, 0.5) is 4.39 Å². The number of aromatic amines is 1. The fourth-order valence-electron chi connectivity index (χ4n) is 4.32. The van der Waals surface area contributed by atoms with E-state index < -0.39 is 0 Å². The van der Waals surface area contributed by atoms with Crippen LogP contribution >= 0.6 is 11.6 Å². The molecule has 0 saturated carbocycles. The van der Waals surface area contributed by atoms with Gasteiger partial charge < -0.3 is 14.8 Å². The Bertz CT molecular complexity index is 1250. The molecule has 2 amide bonds. The summed E-state index contributed by atoms with van der Waals surface area (Å²) in [5.74, 6) is -0.365. The molecule has 2 heterocycles. The number of carbonyl (C=O) groups is 2. The van der Waals surface area contributed by atoms with Gasteiger partial charge in [-0.25, -0.2) is 9.37 Å². The topological polar surface area (TPSA) is 86.4 Å². The van der Waals surface area contributed by atoms with Crippen molar-refractivity contribution in [1.29, 1.82) is 0 Å². The summed E-state index contributed by atoms with van der Waals surface area (Å²) in [6.45, 7) is 3.62. The van der Waals surface area contributed by atoms with Crippen molar-refractivity contribution in [2.75, 3.05) is 19.6 Å². The van der Waals surface area contributed by atoms with Crippen molar-refractivity contribution in [3.05, 3.63) is 75.0 Å². The third kappa shape index (κ3) is 5.28. The molecule has 0 bridgehead atoms. The molecule has 4 rings (SSSR count). The Hall–Kier alpha value is -3.26. The first-order valence-corrected chi connectivity index (χ1v) is 11.8. The summed E-state index contributed by atoms with van der Waals surface area (Å²) in [6.07, 6.45) is 1.85. The second kappa shape index (κ2) is 10.3. The predicted molar refractivity (Wildman–Crippen MR) is 128 cm³/mol. The average molecular weight is 485 g/mol. The van der Waals surface area contributed by atoms with Gasteiger partial charge in [0.1, 0.15) is 11.6 Å². The summed E-state index contributed by atoms with van der Waals surface area (Å²) in [5, 5.41) is 0.930. The summed E-state index contributed by atoms with van der Waals surface area (Å²) in [4.78, 5) is 49.2. The van der Waals surface area contributed by atoms with Crippen molar-refractivity contribution < 1.29 is 14.0 Å². The van der Waals surface area contributed by atoms with Crippen molar-refractivity contribution in [3.8, 4) is 0 Å². The van der Waals surface area contributed by atoms with Gasteiger partial charge in [-0.05, 0) is 61.7 Å². The molecule has 3 aromatic rings. The molecule has 1 aliphatic heterocycles. The second-order valence-corrected chi connectivity index (χ2v) is 8.94. The van der Waals surface area contributed by atoms with Gasteiger partial charge in [-0.1, -0.05) is 18.5 Å². The summed E-state index contributed by atoms with van der Waals surface area (Å²) >= 11 is 6.05. The quantitative estimate of drug-likeness (QED) is 0.573. The molecule has 1 aromatic heterocycles. The molecule has 0 spiro atoms. The number of hydrogen-bond acceptors (Lipinski definition) is 4. The zero-order chi connectivity index (χ0) is 24.2. The van der Waals surface area contributed by atoms with Crippen molar-refractivity contribution in [2.45, 2.75) is 32.7 Å². The third-order valence-electron chi connectivity index (χ3n) is 6.09. The molecule has 1 fully saturated rings. The van der Waals surface area contributed by atoms with Gasteiger partial charge in [-0.15, -0.1) is 0 Å². The zero-order valence-electron chi connectivity index (χ0n) is 18.9. The highest BCUT2D eigenvalue weighted by molar-refractivity contribution is 6.31. The monoisotopic (exact) mass is 484 g/mol. The Morgan fingerprint density at radius 2 is 1.88 bits per heavy atom. The Labute approximate surface area is 201 Å². The normalized spacial score (nSPS) is 14.4. The van der Waals surface area contributed by atoms with E-state index in [1.165, 1.54) is 24.3 Å². The number of nitrogens with one attached hydrogen (secondary N) is 1. The summed E-state index contributed by atoms with van der Waals surface area (Å²) in [6, 6.07) is 10.4. The van der Waals surface area contributed by atoms with Crippen molar-refractivity contribution in [3.63, 3.8) is 0 Å². The van der Waals surface area contributed by atoms with E-state index in [0.717, 1.165) is 6.42 Å². The van der Waals surface area contributed by atoms with Gasteiger partial charge in [0.2, 0.25) is 5.91 Å². The highest BCUT2D eigenvalue weighted by Crippen LogP contribution is 2.23. The molecule has 178 valence electrons. The van der Waals surface area contributed by atoms with E-state index in [-0.39, 0.29) is 35.7 Å². The van der Waals surface area contributed by atoms with Crippen LogP contribution < -0.4 is 5.56 Å². The van der Waals surface area contributed by atoms with Crippen LogP contribution in [-0.4, -0.2) is 51.2 Å². The van der Waals surface area contributed by atoms with E-state index >= 15 is 0 Å². The van der Waals surface area contributed by atoms with Gasteiger partial charge in [-0.2, -0.15) is 0 Å². The number of H-pyrrole nitrogens is 1. The van der Waals surface area contributed by atoms with Crippen molar-refractivity contribution in [1.82, 2.24) is 19.8 Å². The van der Waals surface area contributed by atoms with Gasteiger partial charge >= 0.3 is 0 Å². The molecule has 2 aromatic carbocycles.